The average Bonchev–Trinajstić information content (AvgIpc) is 3.11. The lowest BCUT2D eigenvalue weighted by atomic mass is 9.99. The number of imidazole rings is 1. The normalized spacial score (nSPS) is 21.8. The standard InChI is InChI=1S/C16H18ClN3O/c1-2-14-12(6-7-21-14)10-20-13-5-3-4-11(9-18)16(13)19-15(20)8-17/h3-5,12,14H,2,6-8,10H2,1H3. The molecule has 0 spiro atoms. The van der Waals surface area contributed by atoms with Gasteiger partial charge in [-0.2, -0.15) is 5.26 Å². The fourth-order valence-electron chi connectivity index (χ4n) is 3.18. The third kappa shape index (κ3) is 2.52. The first-order valence-corrected chi connectivity index (χ1v) is 7.87. The van der Waals surface area contributed by atoms with Crippen molar-refractivity contribution in [3.05, 3.63) is 29.6 Å². The van der Waals surface area contributed by atoms with Crippen molar-refractivity contribution in [2.45, 2.75) is 38.3 Å². The van der Waals surface area contributed by atoms with Crippen LogP contribution >= 0.6 is 11.6 Å². The zero-order valence-electron chi connectivity index (χ0n) is 12.1. The second-order valence-electron chi connectivity index (χ2n) is 5.42. The number of hydrogen-bond acceptors (Lipinski definition) is 3. The fraction of sp³-hybridized carbons (Fsp3) is 0.500. The van der Waals surface area contributed by atoms with Crippen molar-refractivity contribution < 1.29 is 4.74 Å². The van der Waals surface area contributed by atoms with E-state index in [-0.39, 0.29) is 0 Å². The van der Waals surface area contributed by atoms with Crippen molar-refractivity contribution >= 4 is 22.6 Å². The number of fused-ring (bicyclic) bond motifs is 1. The van der Waals surface area contributed by atoms with E-state index in [1.807, 2.05) is 12.1 Å². The molecule has 2 aromatic rings. The number of alkyl halides is 1. The lowest BCUT2D eigenvalue weighted by molar-refractivity contribution is 0.0836. The molecule has 3 rings (SSSR count). The maximum Gasteiger partial charge on any atom is 0.124 e. The zero-order chi connectivity index (χ0) is 14.8. The SMILES string of the molecule is CCC1OCCC1Cn1c(CCl)nc2c(C#N)cccc21. The number of benzene rings is 1. The van der Waals surface area contributed by atoms with Gasteiger partial charge in [0.25, 0.3) is 0 Å². The Morgan fingerprint density at radius 2 is 2.38 bits per heavy atom. The van der Waals surface area contributed by atoms with Crippen LogP contribution in [0.5, 0.6) is 0 Å². The van der Waals surface area contributed by atoms with Crippen molar-refractivity contribution in [1.82, 2.24) is 9.55 Å². The largest absolute Gasteiger partial charge is 0.378 e. The monoisotopic (exact) mass is 303 g/mol. The molecule has 0 amide bonds. The molecule has 2 heterocycles. The van der Waals surface area contributed by atoms with E-state index < -0.39 is 0 Å². The molecule has 0 saturated carbocycles. The van der Waals surface area contributed by atoms with Crippen LogP contribution in [0.15, 0.2) is 18.2 Å². The molecule has 4 nitrogen and oxygen atoms in total. The van der Waals surface area contributed by atoms with Gasteiger partial charge in [0, 0.05) is 19.1 Å². The Balaban J connectivity index is 2.03. The summed E-state index contributed by atoms with van der Waals surface area (Å²) in [7, 11) is 0. The molecular weight excluding hydrogens is 286 g/mol. The smallest absolute Gasteiger partial charge is 0.124 e. The van der Waals surface area contributed by atoms with Gasteiger partial charge in [-0.3, -0.25) is 0 Å². The summed E-state index contributed by atoms with van der Waals surface area (Å²) >= 11 is 6.06. The van der Waals surface area contributed by atoms with Crippen molar-refractivity contribution in [2.75, 3.05) is 6.61 Å². The van der Waals surface area contributed by atoms with E-state index in [0.29, 0.717) is 23.5 Å². The average molecular weight is 304 g/mol. The summed E-state index contributed by atoms with van der Waals surface area (Å²) in [6.45, 7) is 3.84. The highest BCUT2D eigenvalue weighted by Gasteiger charge is 2.28. The number of ether oxygens (including phenoxy) is 1. The molecule has 0 bridgehead atoms. The number of rotatable bonds is 4. The summed E-state index contributed by atoms with van der Waals surface area (Å²) in [5, 5.41) is 9.22. The first-order valence-electron chi connectivity index (χ1n) is 7.34. The minimum absolute atomic E-state index is 0.310. The van der Waals surface area contributed by atoms with Crippen LogP contribution in [0, 0.1) is 17.2 Å². The molecule has 2 atom stereocenters. The zero-order valence-corrected chi connectivity index (χ0v) is 12.8. The van der Waals surface area contributed by atoms with E-state index in [1.54, 1.807) is 6.07 Å². The predicted molar refractivity (Wildman–Crippen MR) is 82.1 cm³/mol. The van der Waals surface area contributed by atoms with E-state index in [0.717, 1.165) is 42.9 Å². The predicted octanol–water partition coefficient (Wildman–Crippen LogP) is 3.46. The van der Waals surface area contributed by atoms with Crippen LogP contribution in [-0.4, -0.2) is 22.3 Å². The number of hydrogen-bond donors (Lipinski definition) is 0. The van der Waals surface area contributed by atoms with Crippen LogP contribution in [0.25, 0.3) is 11.0 Å². The van der Waals surface area contributed by atoms with Crippen LogP contribution in [0.2, 0.25) is 0 Å². The van der Waals surface area contributed by atoms with Gasteiger partial charge in [-0.25, -0.2) is 4.98 Å². The van der Waals surface area contributed by atoms with Gasteiger partial charge in [-0.05, 0) is 25.0 Å². The number of nitrogens with zero attached hydrogens (tertiary/aromatic N) is 3. The van der Waals surface area contributed by atoms with Crippen LogP contribution in [0.1, 0.15) is 31.2 Å². The minimum atomic E-state index is 0.310. The van der Waals surface area contributed by atoms with E-state index in [1.165, 1.54) is 0 Å². The van der Waals surface area contributed by atoms with Gasteiger partial charge >= 0.3 is 0 Å². The molecule has 5 heteroatoms. The second-order valence-corrected chi connectivity index (χ2v) is 5.69. The molecule has 110 valence electrons. The maximum atomic E-state index is 9.22. The molecule has 1 aromatic carbocycles. The molecule has 0 aliphatic carbocycles. The van der Waals surface area contributed by atoms with E-state index >= 15 is 0 Å². The van der Waals surface area contributed by atoms with Crippen molar-refractivity contribution in [3.8, 4) is 6.07 Å². The Hall–Kier alpha value is -1.57. The van der Waals surface area contributed by atoms with E-state index in [2.05, 4.69) is 22.5 Å². The number of nitriles is 1. The van der Waals surface area contributed by atoms with Gasteiger partial charge in [-0.1, -0.05) is 13.0 Å². The second kappa shape index (κ2) is 6.05. The van der Waals surface area contributed by atoms with Gasteiger partial charge < -0.3 is 9.30 Å². The topological polar surface area (TPSA) is 50.8 Å². The summed E-state index contributed by atoms with van der Waals surface area (Å²) in [5.74, 6) is 1.67. The van der Waals surface area contributed by atoms with Gasteiger partial charge in [0.2, 0.25) is 0 Å². The number of para-hydroxylation sites is 1. The highest BCUT2D eigenvalue weighted by molar-refractivity contribution is 6.16. The third-order valence-electron chi connectivity index (χ3n) is 4.26. The Kier molecular flexibility index (Phi) is 4.14. The highest BCUT2D eigenvalue weighted by Crippen LogP contribution is 2.28. The summed E-state index contributed by atoms with van der Waals surface area (Å²) in [6.07, 6.45) is 2.40. The lowest BCUT2D eigenvalue weighted by Crippen LogP contribution is -2.21. The van der Waals surface area contributed by atoms with E-state index in [4.69, 9.17) is 16.3 Å². The lowest BCUT2D eigenvalue weighted by Gasteiger charge is -2.19. The van der Waals surface area contributed by atoms with Crippen LogP contribution < -0.4 is 0 Å². The summed E-state index contributed by atoms with van der Waals surface area (Å²) in [6, 6.07) is 7.91. The molecule has 0 N–H and O–H groups in total. The molecule has 21 heavy (non-hydrogen) atoms. The molecule has 1 aliphatic rings. The Morgan fingerprint density at radius 1 is 1.52 bits per heavy atom. The maximum absolute atomic E-state index is 9.22. The van der Waals surface area contributed by atoms with Gasteiger partial charge in [0.15, 0.2) is 0 Å². The quantitative estimate of drug-likeness (QED) is 0.813. The minimum Gasteiger partial charge on any atom is -0.378 e. The first kappa shape index (κ1) is 14.4. The molecule has 1 fully saturated rings. The number of aromatic nitrogens is 2. The third-order valence-corrected chi connectivity index (χ3v) is 4.50. The Morgan fingerprint density at radius 3 is 3.10 bits per heavy atom. The van der Waals surface area contributed by atoms with Gasteiger partial charge in [0.05, 0.1) is 23.1 Å². The fourth-order valence-corrected chi connectivity index (χ4v) is 3.38. The van der Waals surface area contributed by atoms with Crippen LogP contribution in [-0.2, 0) is 17.2 Å². The summed E-state index contributed by atoms with van der Waals surface area (Å²) < 4.78 is 7.93. The van der Waals surface area contributed by atoms with E-state index in [9.17, 15) is 5.26 Å². The highest BCUT2D eigenvalue weighted by atomic mass is 35.5. The Bertz CT molecular complexity index is 689. The van der Waals surface area contributed by atoms with Gasteiger partial charge in [0.1, 0.15) is 17.4 Å². The summed E-state index contributed by atoms with van der Waals surface area (Å²) in [5.41, 5.74) is 2.35. The van der Waals surface area contributed by atoms with Gasteiger partial charge in [-0.15, -0.1) is 11.6 Å². The van der Waals surface area contributed by atoms with Crippen molar-refractivity contribution in [1.29, 1.82) is 5.26 Å². The van der Waals surface area contributed by atoms with Crippen LogP contribution in [0.3, 0.4) is 0 Å². The molecule has 0 radical (unpaired) electrons. The molecule has 1 aliphatic heterocycles. The van der Waals surface area contributed by atoms with Crippen molar-refractivity contribution in [2.24, 2.45) is 5.92 Å². The Labute approximate surface area is 129 Å². The first-order chi connectivity index (χ1) is 10.3. The molecule has 1 saturated heterocycles. The van der Waals surface area contributed by atoms with Crippen LogP contribution in [0.4, 0.5) is 0 Å². The number of halogens is 1. The molecular formula is C16H18ClN3O. The summed E-state index contributed by atoms with van der Waals surface area (Å²) in [4.78, 5) is 4.56. The van der Waals surface area contributed by atoms with Crippen molar-refractivity contribution in [3.63, 3.8) is 0 Å². The molecule has 2 unspecified atom stereocenters. The molecule has 1 aromatic heterocycles.